The van der Waals surface area contributed by atoms with Gasteiger partial charge in [-0.15, -0.1) is 0 Å². The van der Waals surface area contributed by atoms with E-state index in [1.54, 1.807) is 6.92 Å². The highest BCUT2D eigenvalue weighted by molar-refractivity contribution is 5.96. The fourth-order valence-corrected chi connectivity index (χ4v) is 2.38. The van der Waals surface area contributed by atoms with Crippen molar-refractivity contribution >= 4 is 5.78 Å². The van der Waals surface area contributed by atoms with E-state index in [4.69, 9.17) is 4.74 Å². The van der Waals surface area contributed by atoms with Gasteiger partial charge in [-0.2, -0.15) is 0 Å². The van der Waals surface area contributed by atoms with Crippen molar-refractivity contribution < 1.29 is 9.53 Å². The summed E-state index contributed by atoms with van der Waals surface area (Å²) >= 11 is 0. The smallest absolute Gasteiger partial charge is 0.163 e. The molecule has 1 saturated heterocycles. The van der Waals surface area contributed by atoms with Gasteiger partial charge in [-0.3, -0.25) is 9.69 Å². The van der Waals surface area contributed by atoms with Crippen molar-refractivity contribution in [1.29, 1.82) is 0 Å². The van der Waals surface area contributed by atoms with Gasteiger partial charge in [0.1, 0.15) is 12.4 Å². The Morgan fingerprint density at radius 2 is 2.26 bits per heavy atom. The maximum atomic E-state index is 11.5. The van der Waals surface area contributed by atoms with Crippen LogP contribution >= 0.6 is 0 Å². The third kappa shape index (κ3) is 4.04. The highest BCUT2D eigenvalue weighted by Gasteiger charge is 2.15. The van der Waals surface area contributed by atoms with Crippen LogP contribution in [-0.2, 0) is 0 Å². The van der Waals surface area contributed by atoms with Crippen LogP contribution in [0.5, 0.6) is 5.75 Å². The molecule has 104 valence electrons. The first-order valence-corrected chi connectivity index (χ1v) is 6.85. The number of carbonyl (C=O) groups is 1. The van der Waals surface area contributed by atoms with E-state index in [0.717, 1.165) is 26.2 Å². The molecule has 1 aromatic rings. The number of Topliss-reactive ketones (excluding diaryl/α,β-unsaturated/α-hetero) is 1. The minimum atomic E-state index is 0.0476. The molecule has 1 fully saturated rings. The Morgan fingerprint density at radius 1 is 1.47 bits per heavy atom. The van der Waals surface area contributed by atoms with Crippen LogP contribution < -0.4 is 10.1 Å². The molecule has 0 saturated carbocycles. The van der Waals surface area contributed by atoms with E-state index in [2.05, 4.69) is 17.1 Å². The van der Waals surface area contributed by atoms with Crippen LogP contribution in [0.3, 0.4) is 0 Å². The summed E-state index contributed by atoms with van der Waals surface area (Å²) in [6.07, 6.45) is 0. The first-order valence-electron chi connectivity index (χ1n) is 6.85. The molecule has 4 heteroatoms. The summed E-state index contributed by atoms with van der Waals surface area (Å²) in [6, 6.07) is 7.97. The zero-order valence-electron chi connectivity index (χ0n) is 11.7. The van der Waals surface area contributed by atoms with Crippen LogP contribution in [0, 0.1) is 0 Å². The van der Waals surface area contributed by atoms with Gasteiger partial charge >= 0.3 is 0 Å². The van der Waals surface area contributed by atoms with E-state index in [9.17, 15) is 4.79 Å². The second-order valence-electron chi connectivity index (χ2n) is 5.06. The largest absolute Gasteiger partial charge is 0.491 e. The lowest BCUT2D eigenvalue weighted by Crippen LogP contribution is -2.50. The molecular weight excluding hydrogens is 240 g/mol. The van der Waals surface area contributed by atoms with Gasteiger partial charge in [0.25, 0.3) is 0 Å². The Balaban J connectivity index is 1.84. The monoisotopic (exact) mass is 262 g/mol. The molecule has 0 radical (unpaired) electrons. The molecule has 1 aromatic carbocycles. The first kappa shape index (κ1) is 14.0. The van der Waals surface area contributed by atoms with E-state index < -0.39 is 0 Å². The average molecular weight is 262 g/mol. The lowest BCUT2D eigenvalue weighted by molar-refractivity contribution is 0.101. The summed E-state index contributed by atoms with van der Waals surface area (Å²) in [4.78, 5) is 13.9. The molecule has 2 rings (SSSR count). The minimum Gasteiger partial charge on any atom is -0.491 e. The Morgan fingerprint density at radius 3 is 3.00 bits per heavy atom. The van der Waals surface area contributed by atoms with E-state index in [1.807, 2.05) is 24.3 Å². The summed E-state index contributed by atoms with van der Waals surface area (Å²) in [7, 11) is 0. The standard InChI is InChI=1S/C15H22N2O2/c1-12-11-17(8-7-16-12)9-10-19-15-6-4-3-5-14(15)13(2)18/h3-6,12,16H,7-11H2,1-2H3/t12-/m1/s1. The summed E-state index contributed by atoms with van der Waals surface area (Å²) in [5.74, 6) is 0.740. The van der Waals surface area contributed by atoms with Gasteiger partial charge in [0, 0.05) is 32.2 Å². The Kier molecular flexibility index (Phi) is 4.93. The molecule has 1 N–H and O–H groups in total. The number of nitrogens with one attached hydrogen (secondary N) is 1. The summed E-state index contributed by atoms with van der Waals surface area (Å²) in [5.41, 5.74) is 0.663. The molecular formula is C15H22N2O2. The third-order valence-electron chi connectivity index (χ3n) is 3.38. The van der Waals surface area contributed by atoms with Gasteiger partial charge in [0.15, 0.2) is 5.78 Å². The van der Waals surface area contributed by atoms with Crippen molar-refractivity contribution in [3.8, 4) is 5.75 Å². The fraction of sp³-hybridized carbons (Fsp3) is 0.533. The number of rotatable bonds is 5. The molecule has 19 heavy (non-hydrogen) atoms. The third-order valence-corrected chi connectivity index (χ3v) is 3.38. The number of para-hydroxylation sites is 1. The van der Waals surface area contributed by atoms with Crippen LogP contribution in [0.1, 0.15) is 24.2 Å². The highest BCUT2D eigenvalue weighted by Crippen LogP contribution is 2.18. The maximum absolute atomic E-state index is 11.5. The number of ketones is 1. The molecule has 1 atom stereocenters. The highest BCUT2D eigenvalue weighted by atomic mass is 16.5. The Hall–Kier alpha value is -1.39. The number of nitrogens with zero attached hydrogens (tertiary/aromatic N) is 1. The van der Waals surface area contributed by atoms with Gasteiger partial charge in [-0.25, -0.2) is 0 Å². The molecule has 0 aromatic heterocycles. The Bertz CT molecular complexity index is 434. The van der Waals surface area contributed by atoms with E-state index in [0.29, 0.717) is 24.0 Å². The average Bonchev–Trinajstić information content (AvgIpc) is 2.39. The Labute approximate surface area is 114 Å². The van der Waals surface area contributed by atoms with E-state index in [1.165, 1.54) is 0 Å². The summed E-state index contributed by atoms with van der Waals surface area (Å²) in [5, 5.41) is 3.42. The molecule has 0 bridgehead atoms. The molecule has 0 spiro atoms. The molecule has 4 nitrogen and oxygen atoms in total. The van der Waals surface area contributed by atoms with Crippen LogP contribution in [-0.4, -0.2) is 49.5 Å². The lowest BCUT2D eigenvalue weighted by atomic mass is 10.1. The molecule has 0 aliphatic carbocycles. The summed E-state index contributed by atoms with van der Waals surface area (Å²) < 4.78 is 5.75. The molecule has 1 heterocycles. The molecule has 0 amide bonds. The van der Waals surface area contributed by atoms with E-state index in [-0.39, 0.29) is 5.78 Å². The first-order chi connectivity index (χ1) is 9.16. The zero-order chi connectivity index (χ0) is 13.7. The number of hydrogen-bond acceptors (Lipinski definition) is 4. The zero-order valence-corrected chi connectivity index (χ0v) is 11.7. The van der Waals surface area contributed by atoms with Crippen LogP contribution in [0.25, 0.3) is 0 Å². The van der Waals surface area contributed by atoms with Crippen molar-refractivity contribution in [3.63, 3.8) is 0 Å². The normalized spacial score (nSPS) is 20.2. The predicted octanol–water partition coefficient (Wildman–Crippen LogP) is 1.56. The second kappa shape index (κ2) is 6.68. The van der Waals surface area contributed by atoms with E-state index >= 15 is 0 Å². The van der Waals surface area contributed by atoms with Crippen molar-refractivity contribution in [1.82, 2.24) is 10.2 Å². The van der Waals surface area contributed by atoms with Gasteiger partial charge < -0.3 is 10.1 Å². The number of ether oxygens (including phenoxy) is 1. The summed E-state index contributed by atoms with van der Waals surface area (Å²) in [6.45, 7) is 8.43. The van der Waals surface area contributed by atoms with Gasteiger partial charge in [-0.1, -0.05) is 12.1 Å². The molecule has 1 aliphatic rings. The van der Waals surface area contributed by atoms with Gasteiger partial charge in [0.05, 0.1) is 5.56 Å². The number of piperazine rings is 1. The topological polar surface area (TPSA) is 41.6 Å². The quantitative estimate of drug-likeness (QED) is 0.818. The molecule has 1 aliphatic heterocycles. The van der Waals surface area contributed by atoms with Crippen LogP contribution in [0.2, 0.25) is 0 Å². The maximum Gasteiger partial charge on any atom is 0.163 e. The lowest BCUT2D eigenvalue weighted by Gasteiger charge is -2.31. The second-order valence-corrected chi connectivity index (χ2v) is 5.06. The number of hydrogen-bond donors (Lipinski definition) is 1. The van der Waals surface area contributed by atoms with Crippen molar-refractivity contribution in [3.05, 3.63) is 29.8 Å². The number of benzene rings is 1. The fourth-order valence-electron chi connectivity index (χ4n) is 2.38. The van der Waals surface area contributed by atoms with Crippen molar-refractivity contribution in [2.24, 2.45) is 0 Å². The minimum absolute atomic E-state index is 0.0476. The van der Waals surface area contributed by atoms with Gasteiger partial charge in [-0.05, 0) is 26.0 Å². The SMILES string of the molecule is CC(=O)c1ccccc1OCCN1CCN[C@H](C)C1. The van der Waals surface area contributed by atoms with Gasteiger partial charge in [0.2, 0.25) is 0 Å². The van der Waals surface area contributed by atoms with Crippen LogP contribution in [0.15, 0.2) is 24.3 Å². The predicted molar refractivity (Wildman–Crippen MR) is 75.8 cm³/mol. The van der Waals surface area contributed by atoms with Crippen molar-refractivity contribution in [2.75, 3.05) is 32.8 Å². The number of carbonyl (C=O) groups excluding carboxylic acids is 1. The molecule has 0 unspecified atom stereocenters. The van der Waals surface area contributed by atoms with Crippen molar-refractivity contribution in [2.45, 2.75) is 19.9 Å². The van der Waals surface area contributed by atoms with Crippen LogP contribution in [0.4, 0.5) is 0 Å².